The molecule has 0 amide bonds. The van der Waals surface area contributed by atoms with Gasteiger partial charge in [-0.3, -0.25) is 4.98 Å². The van der Waals surface area contributed by atoms with Gasteiger partial charge in [-0.2, -0.15) is 0 Å². The molecule has 2 rings (SSSR count). The molecule has 1 saturated carbocycles. The van der Waals surface area contributed by atoms with E-state index >= 15 is 0 Å². The Kier molecular flexibility index (Phi) is 3.56. The highest BCUT2D eigenvalue weighted by molar-refractivity contribution is 5.34. The quantitative estimate of drug-likeness (QED) is 0.722. The Balaban J connectivity index is 1.62. The fraction of sp³-hybridized carbons (Fsp3) is 0.583. The molecule has 1 aliphatic carbocycles. The van der Waals surface area contributed by atoms with E-state index in [1.54, 1.807) is 6.20 Å². The van der Waals surface area contributed by atoms with E-state index < -0.39 is 0 Å². The number of rotatable bonds is 5. The van der Waals surface area contributed by atoms with Gasteiger partial charge >= 0.3 is 0 Å². The Morgan fingerprint density at radius 1 is 1.40 bits per heavy atom. The third kappa shape index (κ3) is 3.20. The van der Waals surface area contributed by atoms with Crippen LogP contribution in [0.5, 0.6) is 0 Å². The topological polar surface area (TPSA) is 50.9 Å². The first-order chi connectivity index (χ1) is 7.34. The van der Waals surface area contributed by atoms with Crippen LogP contribution in [0.25, 0.3) is 0 Å². The second-order valence-electron chi connectivity index (χ2n) is 4.35. The Hall–Kier alpha value is -1.09. The molecule has 15 heavy (non-hydrogen) atoms. The van der Waals surface area contributed by atoms with Crippen LogP contribution in [0, 0.1) is 5.92 Å². The van der Waals surface area contributed by atoms with Crippen LogP contribution in [0.1, 0.15) is 31.4 Å². The van der Waals surface area contributed by atoms with Crippen molar-refractivity contribution in [2.75, 3.05) is 12.3 Å². The summed E-state index contributed by atoms with van der Waals surface area (Å²) in [5.74, 6) is 0.983. The third-order valence-corrected chi connectivity index (χ3v) is 3.11. The molecule has 82 valence electrons. The van der Waals surface area contributed by atoms with Crippen molar-refractivity contribution in [3.8, 4) is 0 Å². The van der Waals surface area contributed by atoms with Crippen LogP contribution >= 0.6 is 0 Å². The van der Waals surface area contributed by atoms with Crippen molar-refractivity contribution in [1.82, 2.24) is 10.3 Å². The third-order valence-electron chi connectivity index (χ3n) is 3.11. The summed E-state index contributed by atoms with van der Waals surface area (Å²) < 4.78 is 0. The summed E-state index contributed by atoms with van der Waals surface area (Å²) in [6.07, 6.45) is 7.33. The summed E-state index contributed by atoms with van der Waals surface area (Å²) in [6, 6.07) is 3.88. The van der Waals surface area contributed by atoms with Gasteiger partial charge in [-0.05, 0) is 31.0 Å². The molecule has 1 aromatic rings. The lowest BCUT2D eigenvalue weighted by Gasteiger charge is -2.25. The molecule has 0 bridgehead atoms. The maximum absolute atomic E-state index is 5.56. The highest BCUT2D eigenvalue weighted by Gasteiger charge is 2.15. The molecular weight excluding hydrogens is 186 g/mol. The van der Waals surface area contributed by atoms with Gasteiger partial charge in [0.2, 0.25) is 0 Å². The summed E-state index contributed by atoms with van der Waals surface area (Å²) in [7, 11) is 0. The molecule has 1 fully saturated rings. The van der Waals surface area contributed by atoms with Gasteiger partial charge in [-0.1, -0.05) is 19.3 Å². The number of aromatic nitrogens is 1. The Morgan fingerprint density at radius 2 is 2.27 bits per heavy atom. The fourth-order valence-corrected chi connectivity index (χ4v) is 1.84. The molecule has 0 atom stereocenters. The average Bonchev–Trinajstić information content (AvgIpc) is 2.18. The van der Waals surface area contributed by atoms with E-state index in [-0.39, 0.29) is 0 Å². The fourth-order valence-electron chi connectivity index (χ4n) is 1.84. The highest BCUT2D eigenvalue weighted by atomic mass is 14.9. The second-order valence-corrected chi connectivity index (χ2v) is 4.35. The second kappa shape index (κ2) is 5.12. The highest BCUT2D eigenvalue weighted by Crippen LogP contribution is 2.28. The number of nitrogens with two attached hydrogens (primary N) is 1. The van der Waals surface area contributed by atoms with Gasteiger partial charge in [-0.15, -0.1) is 0 Å². The predicted molar refractivity (Wildman–Crippen MR) is 62.3 cm³/mol. The molecule has 0 aliphatic heterocycles. The number of pyridine rings is 1. The number of hydrogen-bond donors (Lipinski definition) is 2. The van der Waals surface area contributed by atoms with Gasteiger partial charge in [0.05, 0.1) is 17.6 Å². The summed E-state index contributed by atoms with van der Waals surface area (Å²) in [5.41, 5.74) is 7.36. The van der Waals surface area contributed by atoms with Crippen molar-refractivity contribution in [2.24, 2.45) is 5.92 Å². The molecule has 0 saturated heterocycles. The van der Waals surface area contributed by atoms with Crippen LogP contribution in [0.15, 0.2) is 18.3 Å². The first kappa shape index (κ1) is 10.4. The molecule has 3 N–H and O–H groups in total. The van der Waals surface area contributed by atoms with Crippen LogP contribution in [0.4, 0.5) is 5.69 Å². The Morgan fingerprint density at radius 3 is 2.87 bits per heavy atom. The van der Waals surface area contributed by atoms with Crippen LogP contribution in [0.2, 0.25) is 0 Å². The van der Waals surface area contributed by atoms with Gasteiger partial charge in [0, 0.05) is 6.54 Å². The smallest absolute Gasteiger partial charge is 0.0543 e. The summed E-state index contributed by atoms with van der Waals surface area (Å²) in [6.45, 7) is 1.96. The zero-order valence-corrected chi connectivity index (χ0v) is 9.08. The number of nitrogen functional groups attached to an aromatic ring is 1. The van der Waals surface area contributed by atoms with Crippen LogP contribution < -0.4 is 11.1 Å². The van der Waals surface area contributed by atoms with E-state index in [4.69, 9.17) is 5.73 Å². The average molecular weight is 205 g/mol. The molecule has 0 spiro atoms. The first-order valence-electron chi connectivity index (χ1n) is 5.76. The SMILES string of the molecule is Nc1ccc(CNCCC2CCC2)nc1. The lowest BCUT2D eigenvalue weighted by Crippen LogP contribution is -2.21. The van der Waals surface area contributed by atoms with Crippen LogP contribution in [-0.4, -0.2) is 11.5 Å². The van der Waals surface area contributed by atoms with E-state index in [2.05, 4.69) is 10.3 Å². The van der Waals surface area contributed by atoms with Crippen molar-refractivity contribution >= 4 is 5.69 Å². The van der Waals surface area contributed by atoms with Gasteiger partial charge in [0.25, 0.3) is 0 Å². The number of nitrogens with zero attached hydrogens (tertiary/aromatic N) is 1. The van der Waals surface area contributed by atoms with E-state index in [1.165, 1.54) is 25.7 Å². The Labute approximate surface area is 91.1 Å². The zero-order chi connectivity index (χ0) is 10.5. The normalized spacial score (nSPS) is 16.3. The minimum atomic E-state index is 0.730. The van der Waals surface area contributed by atoms with Gasteiger partial charge in [0.15, 0.2) is 0 Å². The molecule has 1 aromatic heterocycles. The van der Waals surface area contributed by atoms with E-state index in [9.17, 15) is 0 Å². The summed E-state index contributed by atoms with van der Waals surface area (Å²) in [4.78, 5) is 4.24. The monoisotopic (exact) mass is 205 g/mol. The van der Waals surface area contributed by atoms with Crippen molar-refractivity contribution in [1.29, 1.82) is 0 Å². The minimum absolute atomic E-state index is 0.730. The molecule has 0 aromatic carbocycles. The van der Waals surface area contributed by atoms with E-state index in [0.29, 0.717) is 0 Å². The number of nitrogens with one attached hydrogen (secondary N) is 1. The predicted octanol–water partition coefficient (Wildman–Crippen LogP) is 1.94. The maximum Gasteiger partial charge on any atom is 0.0543 e. The van der Waals surface area contributed by atoms with Gasteiger partial charge in [0.1, 0.15) is 0 Å². The Bertz CT molecular complexity index is 290. The number of hydrogen-bond acceptors (Lipinski definition) is 3. The number of anilines is 1. The van der Waals surface area contributed by atoms with Crippen molar-refractivity contribution in [3.63, 3.8) is 0 Å². The summed E-state index contributed by atoms with van der Waals surface area (Å²) in [5, 5.41) is 3.42. The van der Waals surface area contributed by atoms with Crippen molar-refractivity contribution in [3.05, 3.63) is 24.0 Å². The van der Waals surface area contributed by atoms with E-state index in [1.807, 2.05) is 12.1 Å². The molecule has 3 nitrogen and oxygen atoms in total. The lowest BCUT2D eigenvalue weighted by molar-refractivity contribution is 0.292. The van der Waals surface area contributed by atoms with Crippen LogP contribution in [-0.2, 0) is 6.54 Å². The molecular formula is C12H19N3. The zero-order valence-electron chi connectivity index (χ0n) is 9.08. The molecule has 0 unspecified atom stereocenters. The summed E-state index contributed by atoms with van der Waals surface area (Å²) >= 11 is 0. The molecule has 3 heteroatoms. The van der Waals surface area contributed by atoms with Crippen molar-refractivity contribution in [2.45, 2.75) is 32.2 Å². The van der Waals surface area contributed by atoms with E-state index in [0.717, 1.165) is 30.4 Å². The first-order valence-corrected chi connectivity index (χ1v) is 5.76. The molecule has 1 heterocycles. The lowest BCUT2D eigenvalue weighted by atomic mass is 9.83. The van der Waals surface area contributed by atoms with Gasteiger partial charge in [-0.25, -0.2) is 0 Å². The minimum Gasteiger partial charge on any atom is -0.397 e. The van der Waals surface area contributed by atoms with Crippen molar-refractivity contribution < 1.29 is 0 Å². The molecule has 0 radical (unpaired) electrons. The molecule has 1 aliphatic rings. The standard InChI is InChI=1S/C12H19N3/c13-11-4-5-12(15-8-11)9-14-7-6-10-2-1-3-10/h4-5,8,10,14H,1-3,6-7,9,13H2. The van der Waals surface area contributed by atoms with Crippen LogP contribution in [0.3, 0.4) is 0 Å². The largest absolute Gasteiger partial charge is 0.397 e. The maximum atomic E-state index is 5.56. The van der Waals surface area contributed by atoms with Gasteiger partial charge < -0.3 is 11.1 Å².